The second-order valence-corrected chi connectivity index (χ2v) is 4.14. The van der Waals surface area contributed by atoms with Gasteiger partial charge in [-0.3, -0.25) is 4.79 Å². The molecule has 1 rings (SSSR count). The molecule has 0 saturated heterocycles. The number of ether oxygens (including phenoxy) is 1. The fraction of sp³-hybridized carbons (Fsp3) is 0.700. The highest BCUT2D eigenvalue weighted by atomic mass is 32.1. The summed E-state index contributed by atoms with van der Waals surface area (Å²) in [6, 6.07) is 0. The summed E-state index contributed by atoms with van der Waals surface area (Å²) in [5, 5.41) is 15.1. The van der Waals surface area contributed by atoms with Crippen LogP contribution in [0.3, 0.4) is 0 Å². The van der Waals surface area contributed by atoms with E-state index >= 15 is 0 Å². The Bertz CT molecular complexity index is 343. The standard InChI is InChI=1S/C10H17N3O3S/c1-2-3-8-9(17-13-12-8)10(15)11-4-6-16-7-5-14/h14H,2-7H2,1H3,(H,11,15). The number of carbonyl (C=O) groups excluding carboxylic acids is 1. The first-order valence-corrected chi connectivity index (χ1v) is 6.35. The quantitative estimate of drug-likeness (QED) is 0.653. The van der Waals surface area contributed by atoms with E-state index < -0.39 is 0 Å². The number of rotatable bonds is 8. The highest BCUT2D eigenvalue weighted by Crippen LogP contribution is 2.11. The second-order valence-electron chi connectivity index (χ2n) is 3.39. The highest BCUT2D eigenvalue weighted by molar-refractivity contribution is 7.08. The molecule has 0 aliphatic rings. The molecule has 0 bridgehead atoms. The Kier molecular flexibility index (Phi) is 6.68. The summed E-state index contributed by atoms with van der Waals surface area (Å²) >= 11 is 1.11. The molecule has 0 atom stereocenters. The molecule has 1 heterocycles. The van der Waals surface area contributed by atoms with Gasteiger partial charge in [-0.25, -0.2) is 0 Å². The topological polar surface area (TPSA) is 84.3 Å². The van der Waals surface area contributed by atoms with Crippen LogP contribution in [0.5, 0.6) is 0 Å². The van der Waals surface area contributed by atoms with Crippen LogP contribution in [0, 0.1) is 0 Å². The van der Waals surface area contributed by atoms with Gasteiger partial charge in [-0.2, -0.15) is 0 Å². The van der Waals surface area contributed by atoms with E-state index in [1.54, 1.807) is 0 Å². The van der Waals surface area contributed by atoms with Crippen molar-refractivity contribution in [1.82, 2.24) is 14.9 Å². The normalized spacial score (nSPS) is 10.5. The number of hydrogen-bond acceptors (Lipinski definition) is 6. The average Bonchev–Trinajstić information content (AvgIpc) is 2.77. The maximum Gasteiger partial charge on any atom is 0.265 e. The number of aryl methyl sites for hydroxylation is 1. The molecular weight excluding hydrogens is 242 g/mol. The molecule has 0 saturated carbocycles. The lowest BCUT2D eigenvalue weighted by molar-refractivity contribution is 0.0840. The van der Waals surface area contributed by atoms with Gasteiger partial charge >= 0.3 is 0 Å². The minimum Gasteiger partial charge on any atom is -0.394 e. The van der Waals surface area contributed by atoms with Gasteiger partial charge in [-0.05, 0) is 18.0 Å². The average molecular weight is 259 g/mol. The van der Waals surface area contributed by atoms with Crippen molar-refractivity contribution in [2.45, 2.75) is 19.8 Å². The monoisotopic (exact) mass is 259 g/mol. The lowest BCUT2D eigenvalue weighted by Gasteiger charge is -2.04. The Hall–Kier alpha value is -1.05. The van der Waals surface area contributed by atoms with Crippen LogP contribution >= 0.6 is 11.5 Å². The van der Waals surface area contributed by atoms with Crippen molar-refractivity contribution in [3.63, 3.8) is 0 Å². The fourth-order valence-corrected chi connectivity index (χ4v) is 1.89. The van der Waals surface area contributed by atoms with E-state index in [0.29, 0.717) is 24.6 Å². The van der Waals surface area contributed by atoms with Crippen LogP contribution < -0.4 is 5.32 Å². The van der Waals surface area contributed by atoms with Crippen LogP contribution in [0.2, 0.25) is 0 Å². The van der Waals surface area contributed by atoms with Crippen molar-refractivity contribution < 1.29 is 14.6 Å². The van der Waals surface area contributed by atoms with Gasteiger partial charge in [-0.1, -0.05) is 17.8 Å². The molecule has 1 aromatic heterocycles. The van der Waals surface area contributed by atoms with Gasteiger partial charge in [0.1, 0.15) is 4.88 Å². The molecule has 1 amide bonds. The Balaban J connectivity index is 2.33. The van der Waals surface area contributed by atoms with Gasteiger partial charge < -0.3 is 15.2 Å². The van der Waals surface area contributed by atoms with E-state index in [1.165, 1.54) is 0 Å². The van der Waals surface area contributed by atoms with Crippen molar-refractivity contribution in [1.29, 1.82) is 0 Å². The molecule has 0 unspecified atom stereocenters. The predicted octanol–water partition coefficient (Wildman–Crippen LogP) is 0.229. The molecule has 96 valence electrons. The van der Waals surface area contributed by atoms with Gasteiger partial charge in [0, 0.05) is 6.54 Å². The largest absolute Gasteiger partial charge is 0.394 e. The van der Waals surface area contributed by atoms with Crippen molar-refractivity contribution >= 4 is 17.4 Å². The highest BCUT2D eigenvalue weighted by Gasteiger charge is 2.14. The molecule has 0 spiro atoms. The molecule has 7 heteroatoms. The van der Waals surface area contributed by atoms with Gasteiger partial charge in [0.15, 0.2) is 0 Å². The number of aliphatic hydroxyl groups excluding tert-OH is 1. The fourth-order valence-electron chi connectivity index (χ4n) is 1.27. The Morgan fingerprint density at radius 3 is 3.06 bits per heavy atom. The Morgan fingerprint density at radius 2 is 2.35 bits per heavy atom. The van der Waals surface area contributed by atoms with E-state index in [9.17, 15) is 4.79 Å². The lowest BCUT2D eigenvalue weighted by Crippen LogP contribution is -2.27. The number of amides is 1. The number of hydrogen-bond donors (Lipinski definition) is 2. The van der Waals surface area contributed by atoms with E-state index in [0.717, 1.165) is 30.1 Å². The maximum absolute atomic E-state index is 11.7. The maximum atomic E-state index is 11.7. The summed E-state index contributed by atoms with van der Waals surface area (Å²) < 4.78 is 8.82. The summed E-state index contributed by atoms with van der Waals surface area (Å²) in [6.07, 6.45) is 1.70. The zero-order chi connectivity index (χ0) is 12.5. The molecular formula is C10H17N3O3S. The van der Waals surface area contributed by atoms with Crippen LogP contribution in [0.15, 0.2) is 0 Å². The van der Waals surface area contributed by atoms with Gasteiger partial charge in [0.2, 0.25) is 0 Å². The third-order valence-electron chi connectivity index (χ3n) is 2.02. The van der Waals surface area contributed by atoms with Crippen molar-refractivity contribution in [3.8, 4) is 0 Å². The summed E-state index contributed by atoms with van der Waals surface area (Å²) in [5.74, 6) is -0.156. The van der Waals surface area contributed by atoms with Crippen molar-refractivity contribution in [2.75, 3.05) is 26.4 Å². The number of aliphatic hydroxyl groups is 1. The van der Waals surface area contributed by atoms with Gasteiger partial charge in [0.25, 0.3) is 5.91 Å². The third kappa shape index (κ3) is 4.76. The van der Waals surface area contributed by atoms with E-state index in [4.69, 9.17) is 9.84 Å². The first kappa shape index (κ1) is 14.0. The van der Waals surface area contributed by atoms with E-state index in [-0.39, 0.29) is 12.5 Å². The zero-order valence-corrected chi connectivity index (χ0v) is 10.6. The predicted molar refractivity (Wildman–Crippen MR) is 64.1 cm³/mol. The van der Waals surface area contributed by atoms with Crippen LogP contribution in [0.25, 0.3) is 0 Å². The Labute approximate surface area is 104 Å². The molecule has 6 nitrogen and oxygen atoms in total. The van der Waals surface area contributed by atoms with Crippen LogP contribution in [0.1, 0.15) is 28.7 Å². The molecule has 0 radical (unpaired) electrons. The minimum absolute atomic E-state index is 0.00659. The molecule has 0 fully saturated rings. The molecule has 17 heavy (non-hydrogen) atoms. The summed E-state index contributed by atoms with van der Waals surface area (Å²) in [5.41, 5.74) is 0.756. The molecule has 2 N–H and O–H groups in total. The number of nitrogens with zero attached hydrogens (tertiary/aromatic N) is 2. The first-order chi connectivity index (χ1) is 8.29. The lowest BCUT2D eigenvalue weighted by atomic mass is 10.2. The SMILES string of the molecule is CCCc1nnsc1C(=O)NCCOCCO. The van der Waals surface area contributed by atoms with Crippen molar-refractivity contribution in [2.24, 2.45) is 0 Å². The second kappa shape index (κ2) is 8.10. The van der Waals surface area contributed by atoms with Crippen LogP contribution in [-0.4, -0.2) is 47.0 Å². The summed E-state index contributed by atoms with van der Waals surface area (Å²) in [4.78, 5) is 12.3. The summed E-state index contributed by atoms with van der Waals surface area (Å²) in [6.45, 7) is 3.13. The number of carbonyl (C=O) groups is 1. The van der Waals surface area contributed by atoms with E-state index in [1.807, 2.05) is 6.92 Å². The number of aromatic nitrogens is 2. The van der Waals surface area contributed by atoms with Gasteiger partial charge in [0.05, 0.1) is 25.5 Å². The smallest absolute Gasteiger partial charge is 0.265 e. The first-order valence-electron chi connectivity index (χ1n) is 5.57. The molecule has 0 aliphatic carbocycles. The Morgan fingerprint density at radius 1 is 1.53 bits per heavy atom. The van der Waals surface area contributed by atoms with Crippen LogP contribution in [0.4, 0.5) is 0 Å². The molecule has 1 aromatic rings. The van der Waals surface area contributed by atoms with Crippen LogP contribution in [-0.2, 0) is 11.2 Å². The molecule has 0 aliphatic heterocycles. The van der Waals surface area contributed by atoms with E-state index in [2.05, 4.69) is 14.9 Å². The number of nitrogens with one attached hydrogen (secondary N) is 1. The third-order valence-corrected chi connectivity index (χ3v) is 2.78. The van der Waals surface area contributed by atoms with Gasteiger partial charge in [-0.15, -0.1) is 5.10 Å². The van der Waals surface area contributed by atoms with Crippen molar-refractivity contribution in [3.05, 3.63) is 10.6 Å². The molecule has 0 aromatic carbocycles. The minimum atomic E-state index is -0.156. The summed E-state index contributed by atoms with van der Waals surface area (Å²) in [7, 11) is 0. The zero-order valence-electron chi connectivity index (χ0n) is 9.81.